The van der Waals surface area contributed by atoms with Gasteiger partial charge in [0.25, 0.3) is 0 Å². The number of benzene rings is 2. The predicted octanol–water partition coefficient (Wildman–Crippen LogP) is 6.97. The summed E-state index contributed by atoms with van der Waals surface area (Å²) in [4.78, 5) is 0. The first-order chi connectivity index (χ1) is 13.4. The predicted molar refractivity (Wildman–Crippen MR) is 119 cm³/mol. The maximum absolute atomic E-state index is 6.60. The summed E-state index contributed by atoms with van der Waals surface area (Å²) < 4.78 is 8.74. The number of nitrogens with zero attached hydrogens (tertiary/aromatic N) is 1. The summed E-state index contributed by atoms with van der Waals surface area (Å²) in [5, 5.41) is 2.38. The lowest BCUT2D eigenvalue weighted by molar-refractivity contribution is -0.660. The minimum atomic E-state index is 0.400. The van der Waals surface area contributed by atoms with Crippen LogP contribution in [0.5, 0.6) is 0 Å². The average molecular weight is 371 g/mol. The van der Waals surface area contributed by atoms with Gasteiger partial charge in [0.2, 0.25) is 5.69 Å². The Balaban J connectivity index is 2.18. The molecule has 2 aromatic carbocycles. The molecule has 0 spiro atoms. The van der Waals surface area contributed by atoms with E-state index in [2.05, 4.69) is 88.5 Å². The fourth-order valence-corrected chi connectivity index (χ4v) is 3.99. The van der Waals surface area contributed by atoms with Crippen LogP contribution in [0.2, 0.25) is 0 Å². The first kappa shape index (κ1) is 18.5. The molecule has 0 radical (unpaired) electrons. The van der Waals surface area contributed by atoms with Crippen LogP contribution in [0.25, 0.3) is 39.3 Å². The van der Waals surface area contributed by atoms with Crippen molar-refractivity contribution >= 4 is 28.0 Å². The van der Waals surface area contributed by atoms with Crippen molar-refractivity contribution < 1.29 is 8.98 Å². The SMILES string of the molecule is C=Cc1ccc2c(oc3c(C(C)C)cc(C(C)C)cc32)c1-c1cccc[n+]1C. The summed E-state index contributed by atoms with van der Waals surface area (Å²) in [5.74, 6) is 0.877. The fraction of sp³-hybridized carbons (Fsp3) is 0.269. The molecule has 0 atom stereocenters. The topological polar surface area (TPSA) is 17.0 Å². The molecule has 0 saturated carbocycles. The van der Waals surface area contributed by atoms with Crippen LogP contribution in [0.15, 0.2) is 59.7 Å². The lowest BCUT2D eigenvalue weighted by Gasteiger charge is -2.11. The maximum Gasteiger partial charge on any atom is 0.216 e. The lowest BCUT2D eigenvalue weighted by Crippen LogP contribution is -2.30. The van der Waals surface area contributed by atoms with Crippen LogP contribution < -0.4 is 4.57 Å². The summed E-state index contributed by atoms with van der Waals surface area (Å²) in [5.41, 5.74) is 7.90. The zero-order valence-electron chi connectivity index (χ0n) is 17.4. The molecule has 0 amide bonds. The number of hydrogen-bond acceptors (Lipinski definition) is 1. The third-order valence-corrected chi connectivity index (χ3v) is 5.64. The first-order valence-electron chi connectivity index (χ1n) is 10.0. The largest absolute Gasteiger partial charge is 0.455 e. The zero-order chi connectivity index (χ0) is 20.0. The van der Waals surface area contributed by atoms with Crippen molar-refractivity contribution in [1.82, 2.24) is 0 Å². The summed E-state index contributed by atoms with van der Waals surface area (Å²) in [6.45, 7) is 13.0. The highest BCUT2D eigenvalue weighted by molar-refractivity contribution is 6.11. The van der Waals surface area contributed by atoms with Crippen LogP contribution >= 0.6 is 0 Å². The molecular weight excluding hydrogens is 342 g/mol. The minimum Gasteiger partial charge on any atom is -0.455 e. The molecule has 4 aromatic rings. The molecule has 2 heterocycles. The molecule has 0 unspecified atom stereocenters. The normalized spacial score (nSPS) is 11.8. The monoisotopic (exact) mass is 370 g/mol. The average Bonchev–Trinajstić information content (AvgIpc) is 3.05. The third kappa shape index (κ3) is 2.84. The van der Waals surface area contributed by atoms with E-state index in [9.17, 15) is 0 Å². The summed E-state index contributed by atoms with van der Waals surface area (Å²) in [6, 6.07) is 15.2. The van der Waals surface area contributed by atoms with Gasteiger partial charge in [-0.15, -0.1) is 0 Å². The minimum absolute atomic E-state index is 0.400. The zero-order valence-corrected chi connectivity index (χ0v) is 17.4. The van der Waals surface area contributed by atoms with Gasteiger partial charge in [0, 0.05) is 22.9 Å². The van der Waals surface area contributed by atoms with Gasteiger partial charge < -0.3 is 4.42 Å². The smallest absolute Gasteiger partial charge is 0.216 e. The highest BCUT2D eigenvalue weighted by atomic mass is 16.3. The van der Waals surface area contributed by atoms with E-state index in [1.54, 1.807) is 0 Å². The van der Waals surface area contributed by atoms with Crippen LogP contribution in [0.4, 0.5) is 0 Å². The number of aryl methyl sites for hydroxylation is 1. The molecule has 0 aliphatic carbocycles. The molecule has 0 aliphatic heterocycles. The quantitative estimate of drug-likeness (QED) is 0.355. The van der Waals surface area contributed by atoms with E-state index in [0.29, 0.717) is 11.8 Å². The Hall–Kier alpha value is -2.87. The first-order valence-corrected chi connectivity index (χ1v) is 10.0. The maximum atomic E-state index is 6.60. The Morgan fingerprint density at radius 2 is 1.71 bits per heavy atom. The molecule has 2 nitrogen and oxygen atoms in total. The summed E-state index contributed by atoms with van der Waals surface area (Å²) >= 11 is 0. The standard InChI is InChI=1S/C26H28NO/c1-7-18-11-12-20-22-15-19(16(2)3)14-21(17(4)5)25(22)28-26(20)24(18)23-10-8-9-13-27(23)6/h7-17H,1H2,2-6H3/q+1. The van der Waals surface area contributed by atoms with Crippen molar-refractivity contribution in [3.63, 3.8) is 0 Å². The van der Waals surface area contributed by atoms with Crippen molar-refractivity contribution in [1.29, 1.82) is 0 Å². The van der Waals surface area contributed by atoms with Crippen molar-refractivity contribution in [3.8, 4) is 11.3 Å². The highest BCUT2D eigenvalue weighted by Gasteiger charge is 2.23. The molecule has 2 heteroatoms. The molecule has 142 valence electrons. The van der Waals surface area contributed by atoms with E-state index in [-0.39, 0.29) is 0 Å². The molecule has 4 rings (SSSR count). The number of hydrogen-bond donors (Lipinski definition) is 0. The molecule has 2 aromatic heterocycles. The van der Waals surface area contributed by atoms with Crippen LogP contribution in [-0.4, -0.2) is 0 Å². The van der Waals surface area contributed by atoms with Gasteiger partial charge >= 0.3 is 0 Å². The van der Waals surface area contributed by atoms with Gasteiger partial charge in [-0.3, -0.25) is 0 Å². The van der Waals surface area contributed by atoms with E-state index in [0.717, 1.165) is 28.0 Å². The van der Waals surface area contributed by atoms with E-state index in [4.69, 9.17) is 4.42 Å². The van der Waals surface area contributed by atoms with Gasteiger partial charge in [-0.2, -0.15) is 0 Å². The Bertz CT molecular complexity index is 1190. The Labute approximate surface area is 167 Å². The molecule has 0 fully saturated rings. The van der Waals surface area contributed by atoms with Gasteiger partial charge in [-0.05, 0) is 46.7 Å². The Morgan fingerprint density at radius 3 is 2.36 bits per heavy atom. The van der Waals surface area contributed by atoms with Crippen molar-refractivity contribution in [2.45, 2.75) is 39.5 Å². The molecule has 0 bridgehead atoms. The van der Waals surface area contributed by atoms with Crippen LogP contribution in [0.3, 0.4) is 0 Å². The third-order valence-electron chi connectivity index (χ3n) is 5.64. The second-order valence-corrected chi connectivity index (χ2v) is 8.21. The van der Waals surface area contributed by atoms with Crippen LogP contribution in [0.1, 0.15) is 56.2 Å². The molecular formula is C26H28NO+. The van der Waals surface area contributed by atoms with E-state index in [1.165, 1.54) is 21.9 Å². The second kappa shape index (κ2) is 6.94. The Morgan fingerprint density at radius 1 is 0.929 bits per heavy atom. The van der Waals surface area contributed by atoms with E-state index in [1.807, 2.05) is 12.1 Å². The van der Waals surface area contributed by atoms with E-state index < -0.39 is 0 Å². The van der Waals surface area contributed by atoms with Crippen LogP contribution in [-0.2, 0) is 7.05 Å². The van der Waals surface area contributed by atoms with Crippen molar-refractivity contribution in [2.24, 2.45) is 7.05 Å². The number of fused-ring (bicyclic) bond motifs is 3. The Kier molecular flexibility index (Phi) is 4.58. The molecule has 0 saturated heterocycles. The van der Waals surface area contributed by atoms with Gasteiger partial charge in [0.1, 0.15) is 18.2 Å². The van der Waals surface area contributed by atoms with Gasteiger partial charge in [-0.25, -0.2) is 4.57 Å². The molecule has 0 N–H and O–H groups in total. The van der Waals surface area contributed by atoms with Crippen molar-refractivity contribution in [2.75, 3.05) is 0 Å². The number of pyridine rings is 1. The van der Waals surface area contributed by atoms with Gasteiger partial charge in [-0.1, -0.05) is 52.5 Å². The summed E-state index contributed by atoms with van der Waals surface area (Å²) in [7, 11) is 2.07. The highest BCUT2D eigenvalue weighted by Crippen LogP contribution is 2.41. The van der Waals surface area contributed by atoms with Gasteiger partial charge in [0.15, 0.2) is 6.20 Å². The lowest BCUT2D eigenvalue weighted by atomic mass is 9.92. The summed E-state index contributed by atoms with van der Waals surface area (Å²) in [6.07, 6.45) is 3.98. The second-order valence-electron chi connectivity index (χ2n) is 8.21. The molecule has 28 heavy (non-hydrogen) atoms. The number of aromatic nitrogens is 1. The fourth-order valence-electron chi connectivity index (χ4n) is 3.99. The number of rotatable bonds is 4. The molecule has 0 aliphatic rings. The van der Waals surface area contributed by atoms with Crippen molar-refractivity contribution in [3.05, 3.63) is 71.9 Å². The number of furan rings is 1. The van der Waals surface area contributed by atoms with Crippen LogP contribution in [0, 0.1) is 0 Å². The van der Waals surface area contributed by atoms with Gasteiger partial charge in [0.05, 0.1) is 5.56 Å². The van der Waals surface area contributed by atoms with E-state index >= 15 is 0 Å².